The molecule has 1 heterocycles. The number of nitrogens with one attached hydrogen (secondary N) is 2. The van der Waals surface area contributed by atoms with Crippen molar-refractivity contribution >= 4 is 17.6 Å². The van der Waals surface area contributed by atoms with Gasteiger partial charge in [-0.1, -0.05) is 25.4 Å². The van der Waals surface area contributed by atoms with Crippen LogP contribution in [-0.4, -0.2) is 17.1 Å². The summed E-state index contributed by atoms with van der Waals surface area (Å²) >= 11 is 5.82. The third kappa shape index (κ3) is 5.04. The Kier molecular flexibility index (Phi) is 5.22. The van der Waals surface area contributed by atoms with E-state index >= 15 is 0 Å². The highest BCUT2D eigenvalue weighted by Gasteiger charge is 2.10. The average Bonchev–Trinajstić information content (AvgIpc) is 2.26. The van der Waals surface area contributed by atoms with Gasteiger partial charge in [0, 0.05) is 17.3 Å². The van der Waals surface area contributed by atoms with Gasteiger partial charge in [-0.15, -0.1) is 0 Å². The molecule has 0 radical (unpaired) electrons. The zero-order chi connectivity index (χ0) is 12.8. The number of hydrogen-bond acceptors (Lipinski definition) is 2. The summed E-state index contributed by atoms with van der Waals surface area (Å²) in [5.74, 6) is 0.407. The largest absolute Gasteiger partial charge is 0.335 e. The minimum Gasteiger partial charge on any atom is -0.335 e. The molecule has 0 bridgehead atoms. The lowest BCUT2D eigenvalue weighted by molar-refractivity contribution is 0.234. The summed E-state index contributed by atoms with van der Waals surface area (Å²) < 4.78 is 0. The van der Waals surface area contributed by atoms with E-state index in [2.05, 4.69) is 29.5 Å². The van der Waals surface area contributed by atoms with Gasteiger partial charge >= 0.3 is 6.03 Å². The van der Waals surface area contributed by atoms with Crippen LogP contribution in [-0.2, 0) is 6.54 Å². The lowest BCUT2D eigenvalue weighted by Crippen LogP contribution is -2.42. The molecule has 0 aromatic carbocycles. The molecule has 1 aromatic heterocycles. The fourth-order valence-corrected chi connectivity index (χ4v) is 1.32. The molecule has 17 heavy (non-hydrogen) atoms. The normalized spacial score (nSPS) is 12.3. The predicted octanol–water partition coefficient (Wildman–Crippen LogP) is 2.58. The molecule has 0 unspecified atom stereocenters. The molecular formula is C12H18ClN3O. The highest BCUT2D eigenvalue weighted by atomic mass is 35.5. The molecular weight excluding hydrogens is 238 g/mol. The SMILES string of the molecule is CC(C)[C@@H](C)NC(=O)NCc1cc(Cl)ccn1. The molecule has 4 nitrogen and oxygen atoms in total. The fraction of sp³-hybridized carbons (Fsp3) is 0.500. The van der Waals surface area contributed by atoms with E-state index in [1.165, 1.54) is 0 Å². The van der Waals surface area contributed by atoms with E-state index in [-0.39, 0.29) is 12.1 Å². The molecule has 1 aromatic rings. The number of pyridine rings is 1. The molecule has 0 fully saturated rings. The quantitative estimate of drug-likeness (QED) is 0.869. The van der Waals surface area contributed by atoms with Crippen molar-refractivity contribution in [1.82, 2.24) is 15.6 Å². The molecule has 0 saturated carbocycles. The molecule has 0 saturated heterocycles. The fourth-order valence-electron chi connectivity index (χ4n) is 1.14. The van der Waals surface area contributed by atoms with Crippen LogP contribution in [0.4, 0.5) is 4.79 Å². The monoisotopic (exact) mass is 255 g/mol. The van der Waals surface area contributed by atoms with Crippen molar-refractivity contribution in [2.24, 2.45) is 5.92 Å². The van der Waals surface area contributed by atoms with Crippen molar-refractivity contribution < 1.29 is 4.79 Å². The number of carbonyl (C=O) groups is 1. The van der Waals surface area contributed by atoms with E-state index in [0.717, 1.165) is 5.69 Å². The van der Waals surface area contributed by atoms with E-state index in [0.29, 0.717) is 17.5 Å². The van der Waals surface area contributed by atoms with Crippen LogP contribution in [0, 0.1) is 5.92 Å². The van der Waals surface area contributed by atoms with Gasteiger partial charge in [0.25, 0.3) is 0 Å². The average molecular weight is 256 g/mol. The molecule has 0 aliphatic carbocycles. The lowest BCUT2D eigenvalue weighted by Gasteiger charge is -2.17. The lowest BCUT2D eigenvalue weighted by atomic mass is 10.1. The van der Waals surface area contributed by atoms with E-state index in [1.807, 2.05) is 6.92 Å². The summed E-state index contributed by atoms with van der Waals surface area (Å²) in [4.78, 5) is 15.6. The number of aromatic nitrogens is 1. The first kappa shape index (κ1) is 13.8. The molecule has 2 amide bonds. The third-order valence-corrected chi connectivity index (χ3v) is 2.80. The highest BCUT2D eigenvalue weighted by Crippen LogP contribution is 2.07. The number of hydrogen-bond donors (Lipinski definition) is 2. The molecule has 5 heteroatoms. The summed E-state index contributed by atoms with van der Waals surface area (Å²) in [6, 6.07) is 3.38. The number of amides is 2. The Balaban J connectivity index is 2.38. The van der Waals surface area contributed by atoms with E-state index in [1.54, 1.807) is 18.3 Å². The standard InChI is InChI=1S/C12H18ClN3O/c1-8(2)9(3)16-12(17)15-7-11-6-10(13)4-5-14-11/h4-6,8-9H,7H2,1-3H3,(H2,15,16,17)/t9-/m1/s1. The van der Waals surface area contributed by atoms with E-state index in [4.69, 9.17) is 11.6 Å². The highest BCUT2D eigenvalue weighted by molar-refractivity contribution is 6.30. The summed E-state index contributed by atoms with van der Waals surface area (Å²) in [5, 5.41) is 6.21. The van der Waals surface area contributed by atoms with Crippen molar-refractivity contribution in [3.8, 4) is 0 Å². The topological polar surface area (TPSA) is 54.0 Å². The Labute approximate surface area is 107 Å². The molecule has 1 atom stereocenters. The number of urea groups is 1. The van der Waals surface area contributed by atoms with Gasteiger partial charge in [0.15, 0.2) is 0 Å². The maximum absolute atomic E-state index is 11.5. The minimum atomic E-state index is -0.187. The van der Waals surface area contributed by atoms with Gasteiger partial charge in [-0.3, -0.25) is 4.98 Å². The maximum Gasteiger partial charge on any atom is 0.315 e. The van der Waals surface area contributed by atoms with Gasteiger partial charge < -0.3 is 10.6 Å². The first-order chi connectivity index (χ1) is 7.99. The summed E-state index contributed by atoms with van der Waals surface area (Å²) in [5.41, 5.74) is 0.741. The Bertz CT molecular complexity index is 382. The Hall–Kier alpha value is -1.29. The molecule has 1 rings (SSSR count). The predicted molar refractivity (Wildman–Crippen MR) is 68.9 cm³/mol. The van der Waals surface area contributed by atoms with Crippen LogP contribution in [0.1, 0.15) is 26.5 Å². The smallest absolute Gasteiger partial charge is 0.315 e. The second-order valence-electron chi connectivity index (χ2n) is 4.33. The molecule has 0 spiro atoms. The molecule has 2 N–H and O–H groups in total. The van der Waals surface area contributed by atoms with Crippen molar-refractivity contribution in [2.45, 2.75) is 33.4 Å². The Morgan fingerprint density at radius 1 is 1.47 bits per heavy atom. The Morgan fingerprint density at radius 3 is 2.76 bits per heavy atom. The third-order valence-electron chi connectivity index (χ3n) is 2.57. The number of nitrogens with zero attached hydrogens (tertiary/aromatic N) is 1. The van der Waals surface area contributed by atoms with Crippen molar-refractivity contribution in [1.29, 1.82) is 0 Å². The second-order valence-corrected chi connectivity index (χ2v) is 4.76. The number of halogens is 1. The van der Waals surface area contributed by atoms with Crippen molar-refractivity contribution in [2.75, 3.05) is 0 Å². The minimum absolute atomic E-state index is 0.141. The van der Waals surface area contributed by atoms with Crippen LogP contribution in [0.2, 0.25) is 5.02 Å². The number of rotatable bonds is 4. The van der Waals surface area contributed by atoms with Gasteiger partial charge in [-0.2, -0.15) is 0 Å². The molecule has 94 valence electrons. The molecule has 0 aliphatic heterocycles. The summed E-state index contributed by atoms with van der Waals surface area (Å²) in [7, 11) is 0. The zero-order valence-electron chi connectivity index (χ0n) is 10.3. The van der Waals surface area contributed by atoms with Gasteiger partial charge in [0.1, 0.15) is 0 Å². The van der Waals surface area contributed by atoms with E-state index in [9.17, 15) is 4.79 Å². The zero-order valence-corrected chi connectivity index (χ0v) is 11.1. The van der Waals surface area contributed by atoms with Crippen LogP contribution in [0.5, 0.6) is 0 Å². The molecule has 0 aliphatic rings. The van der Waals surface area contributed by atoms with Crippen molar-refractivity contribution in [3.05, 3.63) is 29.0 Å². The summed E-state index contributed by atoms with van der Waals surface area (Å²) in [6.45, 7) is 6.46. The van der Waals surface area contributed by atoms with Gasteiger partial charge in [-0.25, -0.2) is 4.79 Å². The summed E-state index contributed by atoms with van der Waals surface area (Å²) in [6.07, 6.45) is 1.62. The van der Waals surface area contributed by atoms with Crippen molar-refractivity contribution in [3.63, 3.8) is 0 Å². The first-order valence-electron chi connectivity index (χ1n) is 5.64. The van der Waals surface area contributed by atoms with Crippen LogP contribution in [0.15, 0.2) is 18.3 Å². The van der Waals surface area contributed by atoms with Gasteiger partial charge in [0.05, 0.1) is 12.2 Å². The van der Waals surface area contributed by atoms with Gasteiger partial charge in [0.2, 0.25) is 0 Å². The second kappa shape index (κ2) is 6.45. The first-order valence-corrected chi connectivity index (χ1v) is 6.01. The van der Waals surface area contributed by atoms with Crippen LogP contribution < -0.4 is 10.6 Å². The van der Waals surface area contributed by atoms with Crippen LogP contribution in [0.25, 0.3) is 0 Å². The van der Waals surface area contributed by atoms with Gasteiger partial charge in [-0.05, 0) is 25.0 Å². The number of carbonyl (C=O) groups excluding carboxylic acids is 1. The van der Waals surface area contributed by atoms with E-state index < -0.39 is 0 Å². The maximum atomic E-state index is 11.5. The Morgan fingerprint density at radius 2 is 2.18 bits per heavy atom. The van der Waals surface area contributed by atoms with Crippen LogP contribution >= 0.6 is 11.6 Å². The van der Waals surface area contributed by atoms with Crippen LogP contribution in [0.3, 0.4) is 0 Å².